The largest absolute Gasteiger partial charge is 0.492 e. The van der Waals surface area contributed by atoms with E-state index in [1.54, 1.807) is 12.3 Å². The van der Waals surface area contributed by atoms with Gasteiger partial charge in [0.15, 0.2) is 0 Å². The molecule has 1 aliphatic rings. The first kappa shape index (κ1) is 26.4. The summed E-state index contributed by atoms with van der Waals surface area (Å²) >= 11 is 0. The highest BCUT2D eigenvalue weighted by atomic mass is 19.1. The molecular weight excluding hydrogens is 502 g/mol. The highest BCUT2D eigenvalue weighted by molar-refractivity contribution is 6.01. The van der Waals surface area contributed by atoms with E-state index in [1.807, 2.05) is 31.2 Å². The lowest BCUT2D eigenvalue weighted by atomic mass is 10.0. The van der Waals surface area contributed by atoms with Crippen LogP contribution in [0.15, 0.2) is 54.7 Å². The number of aromatic amines is 1. The molecule has 1 aliphatic heterocycles. The van der Waals surface area contributed by atoms with Crippen molar-refractivity contribution in [1.29, 1.82) is 0 Å². The number of rotatable bonds is 9. The molecule has 3 heterocycles. The molecule has 1 fully saturated rings. The Morgan fingerprint density at radius 2 is 1.92 bits per heavy atom. The third-order valence-corrected chi connectivity index (χ3v) is 6.75. The third kappa shape index (κ3) is 6.83. The summed E-state index contributed by atoms with van der Waals surface area (Å²) in [6, 6.07) is 12.8. The molecular formula is C29H30F2N6O2. The van der Waals surface area contributed by atoms with E-state index in [0.29, 0.717) is 12.4 Å². The van der Waals surface area contributed by atoms with Crippen LogP contribution in [0.25, 0.3) is 11.1 Å². The van der Waals surface area contributed by atoms with Crippen molar-refractivity contribution < 1.29 is 18.3 Å². The number of halogens is 2. The molecule has 5 rings (SSSR count). The molecule has 0 aliphatic carbocycles. The van der Waals surface area contributed by atoms with Crippen molar-refractivity contribution in [3.63, 3.8) is 0 Å². The van der Waals surface area contributed by atoms with E-state index in [-0.39, 0.29) is 23.6 Å². The minimum absolute atomic E-state index is 0.0344. The number of carbonyl (C=O) groups is 1. The average molecular weight is 533 g/mol. The fraction of sp³-hybridized carbons (Fsp3) is 0.310. The smallest absolute Gasteiger partial charge is 0.296 e. The minimum atomic E-state index is -0.576. The van der Waals surface area contributed by atoms with Gasteiger partial charge >= 0.3 is 0 Å². The maximum atomic E-state index is 14.0. The maximum absolute atomic E-state index is 14.0. The van der Waals surface area contributed by atoms with Crippen LogP contribution in [0, 0.1) is 18.6 Å². The van der Waals surface area contributed by atoms with Crippen molar-refractivity contribution in [2.24, 2.45) is 0 Å². The van der Waals surface area contributed by atoms with Gasteiger partial charge in [-0.15, -0.1) is 5.10 Å². The van der Waals surface area contributed by atoms with Crippen LogP contribution >= 0.6 is 0 Å². The van der Waals surface area contributed by atoms with Crippen LogP contribution in [0.4, 0.5) is 14.6 Å². The van der Waals surface area contributed by atoms with E-state index in [4.69, 9.17) is 4.74 Å². The van der Waals surface area contributed by atoms with Gasteiger partial charge < -0.3 is 10.1 Å². The van der Waals surface area contributed by atoms with Gasteiger partial charge in [0.1, 0.15) is 35.6 Å². The van der Waals surface area contributed by atoms with Crippen molar-refractivity contribution >= 4 is 11.7 Å². The number of likely N-dealkylation sites (tertiary alicyclic amines) is 1. The Morgan fingerprint density at radius 1 is 1.08 bits per heavy atom. The summed E-state index contributed by atoms with van der Waals surface area (Å²) in [6.07, 6.45) is 5.39. The molecule has 4 aromatic rings. The Kier molecular flexibility index (Phi) is 8.21. The number of anilines is 1. The van der Waals surface area contributed by atoms with Crippen LogP contribution in [0.2, 0.25) is 0 Å². The topological polar surface area (TPSA) is 96.0 Å². The normalized spacial score (nSPS) is 13.8. The van der Waals surface area contributed by atoms with Crippen molar-refractivity contribution in [2.45, 2.75) is 32.6 Å². The van der Waals surface area contributed by atoms with E-state index in [1.165, 1.54) is 19.3 Å². The van der Waals surface area contributed by atoms with Gasteiger partial charge in [-0.2, -0.15) is 0 Å². The summed E-state index contributed by atoms with van der Waals surface area (Å²) in [5.41, 5.74) is 3.02. The fourth-order valence-electron chi connectivity index (χ4n) is 4.65. The molecule has 0 atom stereocenters. The molecule has 10 heteroatoms. The van der Waals surface area contributed by atoms with E-state index < -0.39 is 17.5 Å². The molecule has 202 valence electrons. The van der Waals surface area contributed by atoms with E-state index in [2.05, 4.69) is 30.4 Å². The number of carbonyl (C=O) groups excluding carboxylic acids is 1. The highest BCUT2D eigenvalue weighted by Gasteiger charge is 2.16. The summed E-state index contributed by atoms with van der Waals surface area (Å²) in [5, 5.41) is 9.23. The van der Waals surface area contributed by atoms with Crippen molar-refractivity contribution in [1.82, 2.24) is 25.1 Å². The number of H-pyrrole nitrogens is 1. The number of pyridine rings is 1. The summed E-state index contributed by atoms with van der Waals surface area (Å²) in [5.74, 6) is -0.471. The first-order valence-corrected chi connectivity index (χ1v) is 13.0. The predicted octanol–water partition coefficient (Wildman–Crippen LogP) is 5.16. The van der Waals surface area contributed by atoms with Crippen molar-refractivity contribution in [3.8, 4) is 16.9 Å². The molecule has 2 N–H and O–H groups in total. The van der Waals surface area contributed by atoms with Gasteiger partial charge in [-0.25, -0.2) is 18.7 Å². The van der Waals surface area contributed by atoms with E-state index in [0.717, 1.165) is 60.3 Å². The number of aromatic nitrogens is 4. The van der Waals surface area contributed by atoms with Crippen LogP contribution < -0.4 is 10.1 Å². The van der Waals surface area contributed by atoms with Crippen LogP contribution in [-0.4, -0.2) is 57.2 Å². The number of nitrogens with one attached hydrogen (secondary N) is 2. The SMILES string of the molecule is Cc1ccc(OCCN2CCCCC2)cc1-c1ccnc(NC(=O)c2n[nH]c(Cc3cc(F)ccc3F)n2)c1. The second kappa shape index (κ2) is 12.1. The lowest BCUT2D eigenvalue weighted by Crippen LogP contribution is -2.33. The van der Waals surface area contributed by atoms with Crippen LogP contribution in [0.3, 0.4) is 0 Å². The van der Waals surface area contributed by atoms with Gasteiger partial charge in [-0.05, 0) is 97.6 Å². The average Bonchev–Trinajstić information content (AvgIpc) is 3.41. The molecule has 1 amide bonds. The zero-order chi connectivity index (χ0) is 27.2. The summed E-state index contributed by atoms with van der Waals surface area (Å²) < 4.78 is 33.5. The number of amides is 1. The Balaban J connectivity index is 1.23. The number of benzene rings is 2. The number of piperidine rings is 1. The monoisotopic (exact) mass is 532 g/mol. The summed E-state index contributed by atoms with van der Waals surface area (Å²) in [7, 11) is 0. The number of nitrogens with zero attached hydrogens (tertiary/aromatic N) is 4. The van der Waals surface area contributed by atoms with Gasteiger partial charge in [-0.1, -0.05) is 12.5 Å². The minimum Gasteiger partial charge on any atom is -0.492 e. The van der Waals surface area contributed by atoms with Gasteiger partial charge in [0.25, 0.3) is 5.91 Å². The van der Waals surface area contributed by atoms with Crippen molar-refractivity contribution in [3.05, 3.63) is 89.1 Å². The van der Waals surface area contributed by atoms with Crippen LogP contribution in [0.5, 0.6) is 5.75 Å². The molecule has 0 spiro atoms. The fourth-order valence-corrected chi connectivity index (χ4v) is 4.65. The van der Waals surface area contributed by atoms with E-state index >= 15 is 0 Å². The Bertz CT molecular complexity index is 1450. The lowest BCUT2D eigenvalue weighted by Gasteiger charge is -2.26. The molecule has 39 heavy (non-hydrogen) atoms. The highest BCUT2D eigenvalue weighted by Crippen LogP contribution is 2.29. The number of hydrogen-bond donors (Lipinski definition) is 2. The van der Waals surface area contributed by atoms with Crippen LogP contribution in [0.1, 0.15) is 46.8 Å². The number of ether oxygens (including phenoxy) is 1. The number of aryl methyl sites for hydroxylation is 1. The molecule has 2 aromatic heterocycles. The molecule has 0 saturated carbocycles. The maximum Gasteiger partial charge on any atom is 0.296 e. The molecule has 2 aromatic carbocycles. The third-order valence-electron chi connectivity index (χ3n) is 6.75. The zero-order valence-electron chi connectivity index (χ0n) is 21.7. The van der Waals surface area contributed by atoms with E-state index in [9.17, 15) is 13.6 Å². The van der Waals surface area contributed by atoms with Gasteiger partial charge in [-0.3, -0.25) is 14.8 Å². The van der Waals surface area contributed by atoms with Gasteiger partial charge in [0.2, 0.25) is 5.82 Å². The number of hydrogen-bond acceptors (Lipinski definition) is 6. The zero-order valence-corrected chi connectivity index (χ0v) is 21.7. The lowest BCUT2D eigenvalue weighted by molar-refractivity contribution is 0.101. The Hall–Kier alpha value is -4.18. The standard InChI is InChI=1S/C29H30F2N6O2/c1-19-5-7-23(39-14-13-37-11-3-2-4-12-37)18-24(19)20-9-10-32-26(16-20)34-29(38)28-33-27(35-36-28)17-21-15-22(30)6-8-25(21)31/h5-10,15-16,18H,2-4,11-14,17H2,1H3,(H,32,34,38)(H,33,35,36). The second-order valence-corrected chi connectivity index (χ2v) is 9.63. The van der Waals surface area contributed by atoms with Gasteiger partial charge in [0.05, 0.1) is 0 Å². The van der Waals surface area contributed by atoms with Gasteiger partial charge in [0, 0.05) is 19.2 Å². The summed E-state index contributed by atoms with van der Waals surface area (Å²) in [6.45, 7) is 5.82. The van der Waals surface area contributed by atoms with Crippen LogP contribution in [-0.2, 0) is 6.42 Å². The molecule has 8 nitrogen and oxygen atoms in total. The first-order chi connectivity index (χ1) is 18.9. The first-order valence-electron chi connectivity index (χ1n) is 13.0. The van der Waals surface area contributed by atoms with Crippen molar-refractivity contribution in [2.75, 3.05) is 31.6 Å². The second-order valence-electron chi connectivity index (χ2n) is 9.63. The Labute approximate surface area is 225 Å². The molecule has 1 saturated heterocycles. The quantitative estimate of drug-likeness (QED) is 0.309. The predicted molar refractivity (Wildman–Crippen MR) is 144 cm³/mol. The molecule has 0 bridgehead atoms. The summed E-state index contributed by atoms with van der Waals surface area (Å²) in [4.78, 5) is 23.6. The molecule has 0 unspecified atom stereocenters. The Morgan fingerprint density at radius 3 is 2.77 bits per heavy atom. The molecule has 0 radical (unpaired) electrons.